The predicted octanol–water partition coefficient (Wildman–Crippen LogP) is -3.50. The average Bonchev–Trinajstić information content (AvgIpc) is 3.31. The molecule has 232 valence electrons. The Morgan fingerprint density at radius 3 is 1.30 bits per heavy atom. The van der Waals surface area contributed by atoms with E-state index in [1.54, 1.807) is 0 Å². The first-order valence-corrected chi connectivity index (χ1v) is 18.8. The lowest BCUT2D eigenvalue weighted by molar-refractivity contribution is 0.00578. The molecule has 2 aliphatic rings. The van der Waals surface area contributed by atoms with Gasteiger partial charge in [-0.15, -0.1) is 0 Å². The zero-order chi connectivity index (χ0) is 41.7. The van der Waals surface area contributed by atoms with Crippen LogP contribution >= 0.6 is 0 Å². The molecule has 28 heteroatoms. The summed E-state index contributed by atoms with van der Waals surface area (Å²) >= 11 is 0. The number of pyridine rings is 1. The molecule has 26 radical (unpaired) electrons. The fourth-order valence-corrected chi connectivity index (χ4v) is 8.25. The van der Waals surface area contributed by atoms with Crippen molar-refractivity contribution in [2.45, 2.75) is 91.3 Å². The van der Waals surface area contributed by atoms with E-state index in [9.17, 15) is 0 Å². The lowest BCUT2D eigenvalue weighted by Gasteiger charge is -2.46. The molecular formula is C26H36B25NO2. The zero-order valence-electron chi connectivity index (χ0n) is 34.2. The minimum absolute atomic E-state index is 0.0878. The topological polar surface area (TPSA) is 31.4 Å². The number of rotatable bonds is 12. The van der Waals surface area contributed by atoms with Crippen LogP contribution in [0.15, 0.2) is 36.5 Å². The number of benzene rings is 1. The highest BCUT2D eigenvalue weighted by molar-refractivity contribution is 8.23. The van der Waals surface area contributed by atoms with Crippen molar-refractivity contribution in [3.05, 3.63) is 47.7 Å². The number of fused-ring (bicyclic) bond motifs is 1. The smallest absolute Gasteiger partial charge is 0.399 e. The average molecular weight is 665 g/mol. The van der Waals surface area contributed by atoms with Gasteiger partial charge in [0, 0.05) is 188 Å². The fourth-order valence-electron chi connectivity index (χ4n) is 8.25. The highest BCUT2D eigenvalue weighted by Crippen LogP contribution is 2.61. The Labute approximate surface area is 351 Å². The van der Waals surface area contributed by atoms with Crippen molar-refractivity contribution in [1.82, 2.24) is 4.98 Å². The zero-order valence-corrected chi connectivity index (χ0v) is 34.2. The van der Waals surface area contributed by atoms with Gasteiger partial charge < -0.3 is 9.31 Å². The van der Waals surface area contributed by atoms with Crippen LogP contribution in [-0.4, -0.2) is 194 Å². The first kappa shape index (κ1) is 48.3. The highest BCUT2D eigenvalue weighted by atomic mass is 16.7. The molecule has 1 saturated heterocycles. The van der Waals surface area contributed by atoms with Crippen molar-refractivity contribution in [2.24, 2.45) is 5.41 Å². The van der Waals surface area contributed by atoms with Crippen molar-refractivity contribution in [3.8, 4) is 11.3 Å². The molecule has 4 rings (SSSR count). The van der Waals surface area contributed by atoms with E-state index in [4.69, 9.17) is 115 Å². The normalized spacial score (nSPS) is 17.9. The molecule has 3 nitrogen and oxygen atoms in total. The molecule has 1 fully saturated rings. The molecule has 1 aromatic carbocycles. The summed E-state index contributed by atoms with van der Waals surface area (Å²) < 4.78 is 12.3. The lowest BCUT2D eigenvalue weighted by Crippen LogP contribution is -2.84. The van der Waals surface area contributed by atoms with Gasteiger partial charge in [0.2, 0.25) is 0 Å². The van der Waals surface area contributed by atoms with Crippen molar-refractivity contribution < 1.29 is 9.31 Å². The summed E-state index contributed by atoms with van der Waals surface area (Å²) in [6.45, 7) is 22.6. The minimum Gasteiger partial charge on any atom is -0.399 e. The van der Waals surface area contributed by atoms with E-state index in [2.05, 4.69) is 99.6 Å². The number of hydrogen-bond donors (Lipinski definition) is 0. The Morgan fingerprint density at radius 1 is 0.500 bits per heavy atom. The van der Waals surface area contributed by atoms with Gasteiger partial charge in [0.15, 0.2) is 0 Å². The molecule has 1 aliphatic heterocycles. The van der Waals surface area contributed by atoms with Gasteiger partial charge in [-0.2, -0.15) is 0 Å². The highest BCUT2D eigenvalue weighted by Gasteiger charge is 2.57. The number of aromatic nitrogens is 1. The van der Waals surface area contributed by atoms with Crippen molar-refractivity contribution in [3.63, 3.8) is 0 Å². The molecule has 2 heterocycles. The Bertz CT molecular complexity index is 1500. The maximum absolute atomic E-state index is 6.17. The van der Waals surface area contributed by atoms with E-state index in [-0.39, 0.29) is 34.6 Å². The fraction of sp³-hybridized carbons (Fsp3) is 0.577. The van der Waals surface area contributed by atoms with Crippen LogP contribution < -0.4 is 5.46 Å². The van der Waals surface area contributed by atoms with Crippen LogP contribution in [0.2, 0.25) is 0 Å². The Hall–Kier alpha value is -0.0866. The van der Waals surface area contributed by atoms with Crippen LogP contribution in [0.25, 0.3) is 11.3 Å². The van der Waals surface area contributed by atoms with E-state index in [0.717, 1.165) is 16.7 Å². The van der Waals surface area contributed by atoms with Crippen molar-refractivity contribution >= 4 is 183 Å². The minimum atomic E-state index is -0.973. The molecule has 2 aromatic rings. The van der Waals surface area contributed by atoms with Crippen LogP contribution in [0.3, 0.4) is 0 Å². The van der Waals surface area contributed by atoms with Gasteiger partial charge in [0.1, 0.15) is 0 Å². The van der Waals surface area contributed by atoms with Gasteiger partial charge in [0.25, 0.3) is 0 Å². The molecular weight excluding hydrogens is 629 g/mol. The Kier molecular flexibility index (Phi) is 15.8. The van der Waals surface area contributed by atoms with E-state index in [0.29, 0.717) is 0 Å². The second-order valence-corrected chi connectivity index (χ2v) is 18.1. The maximum Gasteiger partial charge on any atom is 0.496 e. The molecule has 0 N–H and O–H groups in total. The first-order chi connectivity index (χ1) is 24.5. The van der Waals surface area contributed by atoms with Crippen LogP contribution in [0.5, 0.6) is 0 Å². The Morgan fingerprint density at radius 2 is 0.926 bits per heavy atom. The second-order valence-electron chi connectivity index (χ2n) is 18.1. The monoisotopic (exact) mass is 670 g/mol. The molecule has 1 aliphatic carbocycles. The summed E-state index contributed by atoms with van der Waals surface area (Å²) in [6.07, 6.45) is -7.67. The van der Waals surface area contributed by atoms with Gasteiger partial charge in [-0.3, -0.25) is 4.98 Å². The molecule has 0 amide bonds. The summed E-state index contributed by atoms with van der Waals surface area (Å²) in [5.41, 5.74) is 5.68. The molecule has 0 bridgehead atoms. The van der Waals surface area contributed by atoms with Gasteiger partial charge in [0.05, 0.1) is 16.9 Å². The predicted molar refractivity (Wildman–Crippen MR) is 263 cm³/mol. The van der Waals surface area contributed by atoms with Crippen LogP contribution in [0.4, 0.5) is 0 Å². The second kappa shape index (κ2) is 17.6. The van der Waals surface area contributed by atoms with Crippen molar-refractivity contribution in [2.75, 3.05) is 0 Å². The molecule has 1 aromatic heterocycles. The summed E-state index contributed by atoms with van der Waals surface area (Å²) in [6, 6.07) is 11.0. The number of nitrogens with zero attached hydrogens (tertiary/aromatic N) is 1. The summed E-state index contributed by atoms with van der Waals surface area (Å²) in [5.74, 6) is 0. The quantitative estimate of drug-likeness (QED) is 0.221. The van der Waals surface area contributed by atoms with Crippen LogP contribution in [0.1, 0.15) is 80.4 Å². The summed E-state index contributed by atoms with van der Waals surface area (Å²) in [5, 5.41) is 0. The van der Waals surface area contributed by atoms with E-state index >= 15 is 0 Å². The maximum atomic E-state index is 6.17. The lowest BCUT2D eigenvalue weighted by atomic mass is 8.35. The molecule has 0 spiro atoms. The third-order valence-corrected chi connectivity index (χ3v) is 13.5. The Balaban J connectivity index is 0.000000300. The molecule has 0 unspecified atom stereocenters. The number of hydrogen-bond acceptors (Lipinski definition) is 3. The molecule has 54 heavy (non-hydrogen) atoms. The first-order valence-electron chi connectivity index (χ1n) is 18.8. The SMILES string of the molecule is CC1(C)OB(c2ccc(-c3ccc4c(c3)C(C)(C)C(C)(C)C4(C)C)nc2)OC1(C)C.[B]B([B])B([B])B(B([B])[B])B(B(B([B])[B])B([B])[B])B(B([B])[B])B([B])[B]. The summed E-state index contributed by atoms with van der Waals surface area (Å²) in [4.78, 5) is 4.77. The van der Waals surface area contributed by atoms with Gasteiger partial charge in [-0.05, 0) is 67.2 Å². The summed E-state index contributed by atoms with van der Waals surface area (Å²) in [7, 11) is 75.9. The van der Waals surface area contributed by atoms with Gasteiger partial charge in [-0.1, -0.05) is 59.7 Å². The molecule has 0 saturated carbocycles. The third kappa shape index (κ3) is 9.36. The van der Waals surface area contributed by atoms with E-state index < -0.39 is 70.2 Å². The van der Waals surface area contributed by atoms with Gasteiger partial charge in [-0.25, -0.2) is 0 Å². The molecule has 0 atom stereocenters. The van der Waals surface area contributed by atoms with E-state index in [1.807, 2.05) is 6.20 Å². The van der Waals surface area contributed by atoms with Gasteiger partial charge >= 0.3 is 7.12 Å². The third-order valence-electron chi connectivity index (χ3n) is 13.5. The van der Waals surface area contributed by atoms with E-state index in [1.165, 1.54) is 11.1 Å². The standard InChI is InChI=1S/C26H36BNO2.B24/c1-22(2)19-13-11-17(15-20(19)23(3,4)24(22,5)6)21-14-12-18(16-28-21)27-29-25(7,8)26(9,10)30-27;1-14(2)20(13)23(19(11)12)24(21(15(3)4)16(5)6)22(17(7)8)18(9)10/h11-16H,1-10H3;. The van der Waals surface area contributed by atoms with Crippen LogP contribution in [0, 0.1) is 5.41 Å². The van der Waals surface area contributed by atoms with Crippen LogP contribution in [-0.2, 0) is 20.1 Å². The largest absolute Gasteiger partial charge is 0.496 e. The van der Waals surface area contributed by atoms with Crippen molar-refractivity contribution in [1.29, 1.82) is 0 Å².